The van der Waals surface area contributed by atoms with Crippen molar-refractivity contribution >= 4 is 17.6 Å². The van der Waals surface area contributed by atoms with Crippen molar-refractivity contribution in [3.05, 3.63) is 64.7 Å². The number of ether oxygens (including phenoxy) is 1. The Morgan fingerprint density at radius 3 is 2.62 bits per heavy atom. The zero-order valence-corrected chi connectivity index (χ0v) is 14.4. The molecular formula is C19H22ClNO3. The molecule has 0 aliphatic rings. The molecule has 2 N–H and O–H groups in total. The van der Waals surface area contributed by atoms with E-state index < -0.39 is 5.97 Å². The van der Waals surface area contributed by atoms with Gasteiger partial charge in [0, 0.05) is 24.0 Å². The average molecular weight is 348 g/mol. The molecule has 1 unspecified atom stereocenters. The number of carbonyl (C=O) groups is 1. The van der Waals surface area contributed by atoms with E-state index in [-0.39, 0.29) is 12.5 Å². The van der Waals surface area contributed by atoms with Crippen molar-refractivity contribution in [3.63, 3.8) is 0 Å². The second kappa shape index (κ2) is 9.30. The molecule has 2 aromatic carbocycles. The summed E-state index contributed by atoms with van der Waals surface area (Å²) in [6.07, 6.45) is 1.49. The average Bonchev–Trinajstić information content (AvgIpc) is 2.58. The van der Waals surface area contributed by atoms with E-state index in [4.69, 9.17) is 21.4 Å². The van der Waals surface area contributed by atoms with Crippen LogP contribution in [0.15, 0.2) is 48.5 Å². The van der Waals surface area contributed by atoms with Crippen LogP contribution in [0.1, 0.15) is 24.0 Å². The highest BCUT2D eigenvalue weighted by atomic mass is 35.5. The van der Waals surface area contributed by atoms with Gasteiger partial charge >= 0.3 is 5.97 Å². The molecule has 0 saturated heterocycles. The quantitative estimate of drug-likeness (QED) is 0.722. The SMILES string of the molecule is COc1ccc(CNC(CCC(=O)O)Cc2ccccc2)c(Cl)c1. The molecule has 0 spiro atoms. The Labute approximate surface area is 147 Å². The summed E-state index contributed by atoms with van der Waals surface area (Å²) in [6.45, 7) is 0.583. The largest absolute Gasteiger partial charge is 0.497 e. The van der Waals surface area contributed by atoms with Gasteiger partial charge in [-0.1, -0.05) is 48.0 Å². The molecule has 0 aliphatic heterocycles. The lowest BCUT2D eigenvalue weighted by atomic mass is 10.0. The van der Waals surface area contributed by atoms with Gasteiger partial charge in [0.25, 0.3) is 0 Å². The third-order valence-corrected chi connectivity index (χ3v) is 4.22. The summed E-state index contributed by atoms with van der Waals surface area (Å²) in [5.41, 5.74) is 2.15. The van der Waals surface area contributed by atoms with Crippen molar-refractivity contribution in [1.29, 1.82) is 0 Å². The minimum atomic E-state index is -0.780. The molecular weight excluding hydrogens is 326 g/mol. The summed E-state index contributed by atoms with van der Waals surface area (Å²) >= 11 is 6.27. The Morgan fingerprint density at radius 1 is 1.25 bits per heavy atom. The number of aliphatic carboxylic acids is 1. The molecule has 1 atom stereocenters. The topological polar surface area (TPSA) is 58.6 Å². The van der Waals surface area contributed by atoms with Crippen LogP contribution in [0.3, 0.4) is 0 Å². The molecule has 0 amide bonds. The van der Waals surface area contributed by atoms with Gasteiger partial charge in [-0.2, -0.15) is 0 Å². The molecule has 0 bridgehead atoms. The summed E-state index contributed by atoms with van der Waals surface area (Å²) < 4.78 is 5.15. The van der Waals surface area contributed by atoms with Crippen molar-refractivity contribution in [1.82, 2.24) is 5.32 Å². The summed E-state index contributed by atoms with van der Waals surface area (Å²) in [5, 5.41) is 13.0. The van der Waals surface area contributed by atoms with E-state index in [0.29, 0.717) is 18.0 Å². The Morgan fingerprint density at radius 2 is 2.00 bits per heavy atom. The highest BCUT2D eigenvalue weighted by Crippen LogP contribution is 2.22. The van der Waals surface area contributed by atoms with Gasteiger partial charge in [0.1, 0.15) is 5.75 Å². The molecule has 2 aromatic rings. The summed E-state index contributed by atoms with van der Waals surface area (Å²) in [6, 6.07) is 15.7. The first-order chi connectivity index (χ1) is 11.6. The van der Waals surface area contributed by atoms with E-state index in [2.05, 4.69) is 17.4 Å². The van der Waals surface area contributed by atoms with Crippen molar-refractivity contribution < 1.29 is 14.6 Å². The van der Waals surface area contributed by atoms with Crippen molar-refractivity contribution in [2.45, 2.75) is 31.8 Å². The molecule has 0 saturated carbocycles. The lowest BCUT2D eigenvalue weighted by molar-refractivity contribution is -0.137. The first-order valence-electron chi connectivity index (χ1n) is 7.90. The van der Waals surface area contributed by atoms with E-state index >= 15 is 0 Å². The Hall–Kier alpha value is -2.04. The number of halogens is 1. The van der Waals surface area contributed by atoms with Crippen LogP contribution in [0.4, 0.5) is 0 Å². The van der Waals surface area contributed by atoms with Gasteiger partial charge in [-0.15, -0.1) is 0 Å². The predicted octanol–water partition coefficient (Wildman–Crippen LogP) is 3.91. The molecule has 4 nitrogen and oxygen atoms in total. The maximum Gasteiger partial charge on any atom is 0.303 e. The van der Waals surface area contributed by atoms with Crippen LogP contribution >= 0.6 is 11.6 Å². The van der Waals surface area contributed by atoms with E-state index in [1.165, 1.54) is 5.56 Å². The van der Waals surface area contributed by atoms with Crippen molar-refractivity contribution in [2.75, 3.05) is 7.11 Å². The number of carboxylic acids is 1. The fourth-order valence-electron chi connectivity index (χ4n) is 2.53. The van der Waals surface area contributed by atoms with Gasteiger partial charge < -0.3 is 15.2 Å². The number of carboxylic acid groups (broad SMARTS) is 1. The minimum absolute atomic E-state index is 0.0710. The Bertz CT molecular complexity index is 661. The molecule has 2 rings (SSSR count). The van der Waals surface area contributed by atoms with Crippen LogP contribution in [0.2, 0.25) is 5.02 Å². The molecule has 0 radical (unpaired) electrons. The van der Waals surface area contributed by atoms with E-state index in [1.54, 1.807) is 13.2 Å². The van der Waals surface area contributed by atoms with E-state index in [9.17, 15) is 4.79 Å². The third kappa shape index (κ3) is 5.87. The Balaban J connectivity index is 2.00. The first kappa shape index (κ1) is 18.3. The van der Waals surface area contributed by atoms with Gasteiger partial charge in [0.2, 0.25) is 0 Å². The number of rotatable bonds is 9. The highest BCUT2D eigenvalue weighted by Gasteiger charge is 2.12. The molecule has 24 heavy (non-hydrogen) atoms. The third-order valence-electron chi connectivity index (χ3n) is 3.87. The highest BCUT2D eigenvalue weighted by molar-refractivity contribution is 6.31. The van der Waals surface area contributed by atoms with Crippen LogP contribution in [-0.4, -0.2) is 24.2 Å². The number of nitrogens with one attached hydrogen (secondary N) is 1. The van der Waals surface area contributed by atoms with Crippen LogP contribution in [0.5, 0.6) is 5.75 Å². The van der Waals surface area contributed by atoms with Crippen LogP contribution in [-0.2, 0) is 17.8 Å². The molecule has 5 heteroatoms. The minimum Gasteiger partial charge on any atom is -0.497 e. The number of benzene rings is 2. The molecule has 128 valence electrons. The monoisotopic (exact) mass is 347 g/mol. The second-order valence-corrected chi connectivity index (χ2v) is 6.06. The predicted molar refractivity (Wildman–Crippen MR) is 95.6 cm³/mol. The first-order valence-corrected chi connectivity index (χ1v) is 8.28. The fraction of sp³-hybridized carbons (Fsp3) is 0.316. The summed E-state index contributed by atoms with van der Waals surface area (Å²) in [4.78, 5) is 10.9. The van der Waals surface area contributed by atoms with E-state index in [1.807, 2.05) is 30.3 Å². The fourth-order valence-corrected chi connectivity index (χ4v) is 2.76. The van der Waals surface area contributed by atoms with Gasteiger partial charge in [0.05, 0.1) is 7.11 Å². The second-order valence-electron chi connectivity index (χ2n) is 5.66. The summed E-state index contributed by atoms with van der Waals surface area (Å²) in [7, 11) is 1.60. The number of hydrogen-bond donors (Lipinski definition) is 2. The smallest absolute Gasteiger partial charge is 0.303 e. The summed E-state index contributed by atoms with van der Waals surface area (Å²) in [5.74, 6) is -0.0622. The number of methoxy groups -OCH3 is 1. The molecule has 0 heterocycles. The van der Waals surface area contributed by atoms with Crippen LogP contribution < -0.4 is 10.1 Å². The van der Waals surface area contributed by atoms with E-state index in [0.717, 1.165) is 17.7 Å². The van der Waals surface area contributed by atoms with Crippen molar-refractivity contribution in [3.8, 4) is 5.75 Å². The zero-order chi connectivity index (χ0) is 17.4. The van der Waals surface area contributed by atoms with Gasteiger partial charge in [0.15, 0.2) is 0 Å². The lowest BCUT2D eigenvalue weighted by Gasteiger charge is -2.19. The van der Waals surface area contributed by atoms with Crippen molar-refractivity contribution in [2.24, 2.45) is 0 Å². The standard InChI is InChI=1S/C19H22ClNO3/c1-24-17-9-7-15(18(20)12-17)13-21-16(8-10-19(22)23)11-14-5-3-2-4-6-14/h2-7,9,12,16,21H,8,10-11,13H2,1H3,(H,22,23). The Kier molecular flexibility index (Phi) is 7.09. The van der Waals surface area contributed by atoms with Gasteiger partial charge in [-0.05, 0) is 36.1 Å². The maximum atomic E-state index is 10.9. The lowest BCUT2D eigenvalue weighted by Crippen LogP contribution is -2.31. The zero-order valence-electron chi connectivity index (χ0n) is 13.7. The molecule has 0 aliphatic carbocycles. The maximum absolute atomic E-state index is 10.9. The van der Waals surface area contributed by atoms with Crippen LogP contribution in [0, 0.1) is 0 Å². The number of hydrogen-bond acceptors (Lipinski definition) is 3. The molecule has 0 aromatic heterocycles. The normalized spacial score (nSPS) is 11.9. The van der Waals surface area contributed by atoms with Gasteiger partial charge in [-0.3, -0.25) is 4.79 Å². The molecule has 0 fully saturated rings. The van der Waals surface area contributed by atoms with Crippen LogP contribution in [0.25, 0.3) is 0 Å². The van der Waals surface area contributed by atoms with Gasteiger partial charge in [-0.25, -0.2) is 0 Å².